The maximum absolute atomic E-state index is 5.87. The van der Waals surface area contributed by atoms with Gasteiger partial charge in [0, 0.05) is 4.88 Å². The highest BCUT2D eigenvalue weighted by atomic mass is 32.1. The van der Waals surface area contributed by atoms with Crippen molar-refractivity contribution in [2.75, 3.05) is 11.5 Å². The zero-order chi connectivity index (χ0) is 10.3. The topological polar surface area (TPSA) is 93.6 Å². The lowest BCUT2D eigenvalue weighted by atomic mass is 10.1. The molecule has 0 spiro atoms. The van der Waals surface area contributed by atoms with Gasteiger partial charge in [0.05, 0.1) is 10.6 Å². The van der Waals surface area contributed by atoms with Crippen LogP contribution in [0.2, 0.25) is 0 Å². The molecule has 14 heavy (non-hydrogen) atoms. The molecule has 0 atom stereocenters. The Hall–Kier alpha value is -1.56. The Kier molecular flexibility index (Phi) is 1.92. The molecule has 2 heterocycles. The number of hydrogen-bond acceptors (Lipinski definition) is 5. The number of anilines is 2. The van der Waals surface area contributed by atoms with Crippen LogP contribution in [0.1, 0.15) is 10.4 Å². The minimum Gasteiger partial charge on any atom is -0.390 e. The Morgan fingerprint density at radius 3 is 2.43 bits per heavy atom. The van der Waals surface area contributed by atoms with Gasteiger partial charge in [0.1, 0.15) is 0 Å². The van der Waals surface area contributed by atoms with E-state index in [0.29, 0.717) is 5.82 Å². The van der Waals surface area contributed by atoms with E-state index in [-0.39, 0.29) is 5.95 Å². The first-order chi connectivity index (χ1) is 6.59. The van der Waals surface area contributed by atoms with Crippen molar-refractivity contribution in [3.05, 3.63) is 10.4 Å². The molecule has 0 unspecified atom stereocenters. The van der Waals surface area contributed by atoms with Crippen molar-refractivity contribution >= 4 is 22.3 Å². The molecule has 5 N–H and O–H groups in total. The Morgan fingerprint density at radius 1 is 1.29 bits per heavy atom. The molecular formula is C8H11N5S. The number of nitrogen functional groups attached to an aromatic ring is 2. The standard InChI is InChI=1S/C8H11N5S/c1-3-4(2)14-6(9)5(3)7-11-8(10)13-12-7/h9H2,1-2H3,(H3,10,11,12,13). The van der Waals surface area contributed by atoms with Crippen LogP contribution >= 0.6 is 11.3 Å². The zero-order valence-electron chi connectivity index (χ0n) is 7.96. The van der Waals surface area contributed by atoms with Gasteiger partial charge in [-0.1, -0.05) is 0 Å². The van der Waals surface area contributed by atoms with Gasteiger partial charge in [-0.15, -0.1) is 16.4 Å². The van der Waals surface area contributed by atoms with Crippen LogP contribution < -0.4 is 11.5 Å². The van der Waals surface area contributed by atoms with Gasteiger partial charge in [-0.3, -0.25) is 5.10 Å². The molecule has 0 saturated carbocycles. The molecule has 0 amide bonds. The molecule has 6 heteroatoms. The van der Waals surface area contributed by atoms with Crippen LogP contribution in [0.5, 0.6) is 0 Å². The van der Waals surface area contributed by atoms with Crippen molar-refractivity contribution in [3.8, 4) is 11.4 Å². The molecule has 74 valence electrons. The molecule has 2 aromatic rings. The number of thiophene rings is 1. The fourth-order valence-corrected chi connectivity index (χ4v) is 2.27. The summed E-state index contributed by atoms with van der Waals surface area (Å²) in [5.41, 5.74) is 13.3. The van der Waals surface area contributed by atoms with E-state index in [9.17, 15) is 0 Å². The summed E-state index contributed by atoms with van der Waals surface area (Å²) in [7, 11) is 0. The van der Waals surface area contributed by atoms with Crippen molar-refractivity contribution < 1.29 is 0 Å². The van der Waals surface area contributed by atoms with E-state index < -0.39 is 0 Å². The maximum Gasteiger partial charge on any atom is 0.239 e. The van der Waals surface area contributed by atoms with Crippen LogP contribution in [0.25, 0.3) is 11.4 Å². The number of nitrogens with two attached hydrogens (primary N) is 2. The SMILES string of the molecule is Cc1sc(N)c(-c2nc(N)n[nH]2)c1C. The number of aryl methyl sites for hydroxylation is 1. The molecule has 0 fully saturated rings. The summed E-state index contributed by atoms with van der Waals surface area (Å²) in [6.45, 7) is 4.04. The predicted octanol–water partition coefficient (Wildman–Crippen LogP) is 1.31. The lowest BCUT2D eigenvalue weighted by molar-refractivity contribution is 1.10. The summed E-state index contributed by atoms with van der Waals surface area (Å²) in [5, 5.41) is 7.28. The van der Waals surface area contributed by atoms with Crippen LogP contribution in [0, 0.1) is 13.8 Å². The smallest absolute Gasteiger partial charge is 0.239 e. The first-order valence-corrected chi connectivity index (χ1v) is 4.95. The monoisotopic (exact) mass is 209 g/mol. The summed E-state index contributed by atoms with van der Waals surface area (Å²) < 4.78 is 0. The molecule has 0 radical (unpaired) electrons. The Morgan fingerprint density at radius 2 is 2.00 bits per heavy atom. The number of hydrogen-bond donors (Lipinski definition) is 3. The molecule has 0 aromatic carbocycles. The maximum atomic E-state index is 5.87. The Bertz CT molecular complexity index is 470. The van der Waals surface area contributed by atoms with E-state index in [1.54, 1.807) is 11.3 Å². The first-order valence-electron chi connectivity index (χ1n) is 4.13. The average Bonchev–Trinajstić information content (AvgIpc) is 2.60. The first kappa shape index (κ1) is 9.01. The third kappa shape index (κ3) is 1.24. The third-order valence-corrected chi connectivity index (χ3v) is 3.19. The molecule has 0 aliphatic heterocycles. The summed E-state index contributed by atoms with van der Waals surface area (Å²) in [6.07, 6.45) is 0. The van der Waals surface area contributed by atoms with Crippen LogP contribution in [-0.4, -0.2) is 15.2 Å². The fraction of sp³-hybridized carbons (Fsp3) is 0.250. The fourth-order valence-electron chi connectivity index (χ4n) is 1.33. The molecule has 0 saturated heterocycles. The van der Waals surface area contributed by atoms with Gasteiger partial charge in [-0.05, 0) is 19.4 Å². The molecule has 0 aliphatic carbocycles. The van der Waals surface area contributed by atoms with E-state index in [0.717, 1.165) is 16.1 Å². The van der Waals surface area contributed by atoms with Gasteiger partial charge in [0.25, 0.3) is 0 Å². The van der Waals surface area contributed by atoms with E-state index in [2.05, 4.69) is 15.2 Å². The van der Waals surface area contributed by atoms with Gasteiger partial charge in [0.15, 0.2) is 5.82 Å². The van der Waals surface area contributed by atoms with Gasteiger partial charge >= 0.3 is 0 Å². The van der Waals surface area contributed by atoms with Gasteiger partial charge in [-0.2, -0.15) is 4.98 Å². The number of aromatic nitrogens is 3. The second-order valence-corrected chi connectivity index (χ2v) is 4.32. The highest BCUT2D eigenvalue weighted by molar-refractivity contribution is 7.16. The number of aromatic amines is 1. The van der Waals surface area contributed by atoms with Gasteiger partial charge in [-0.25, -0.2) is 0 Å². The minimum absolute atomic E-state index is 0.239. The van der Waals surface area contributed by atoms with Crippen molar-refractivity contribution in [2.24, 2.45) is 0 Å². The van der Waals surface area contributed by atoms with Crippen molar-refractivity contribution in [3.63, 3.8) is 0 Å². The van der Waals surface area contributed by atoms with Crippen molar-refractivity contribution in [1.82, 2.24) is 15.2 Å². The van der Waals surface area contributed by atoms with Crippen LogP contribution in [-0.2, 0) is 0 Å². The van der Waals surface area contributed by atoms with E-state index in [1.165, 1.54) is 4.88 Å². The van der Waals surface area contributed by atoms with Crippen LogP contribution in [0.4, 0.5) is 10.9 Å². The highest BCUT2D eigenvalue weighted by Crippen LogP contribution is 2.36. The highest BCUT2D eigenvalue weighted by Gasteiger charge is 2.14. The summed E-state index contributed by atoms with van der Waals surface area (Å²) in [6, 6.07) is 0. The lowest BCUT2D eigenvalue weighted by Crippen LogP contribution is -1.89. The number of rotatable bonds is 1. The predicted molar refractivity (Wildman–Crippen MR) is 58.0 cm³/mol. The average molecular weight is 209 g/mol. The molecule has 0 aliphatic rings. The minimum atomic E-state index is 0.239. The number of H-pyrrole nitrogens is 1. The summed E-state index contributed by atoms with van der Waals surface area (Å²) in [5.74, 6) is 0.879. The largest absolute Gasteiger partial charge is 0.390 e. The summed E-state index contributed by atoms with van der Waals surface area (Å²) in [4.78, 5) is 5.24. The number of nitrogens with one attached hydrogen (secondary N) is 1. The van der Waals surface area contributed by atoms with Crippen LogP contribution in [0.15, 0.2) is 0 Å². The van der Waals surface area contributed by atoms with E-state index >= 15 is 0 Å². The van der Waals surface area contributed by atoms with Crippen LogP contribution in [0.3, 0.4) is 0 Å². The molecule has 2 rings (SSSR count). The third-order valence-electron chi connectivity index (χ3n) is 2.15. The second kappa shape index (κ2) is 2.98. The molecule has 0 bridgehead atoms. The normalized spacial score (nSPS) is 10.7. The van der Waals surface area contributed by atoms with Crippen molar-refractivity contribution in [2.45, 2.75) is 13.8 Å². The molecule has 2 aromatic heterocycles. The molecule has 5 nitrogen and oxygen atoms in total. The zero-order valence-corrected chi connectivity index (χ0v) is 8.77. The second-order valence-electron chi connectivity index (χ2n) is 3.06. The van der Waals surface area contributed by atoms with Gasteiger partial charge in [0.2, 0.25) is 5.95 Å². The van der Waals surface area contributed by atoms with Crippen molar-refractivity contribution in [1.29, 1.82) is 0 Å². The number of nitrogens with zero attached hydrogens (tertiary/aromatic N) is 2. The summed E-state index contributed by atoms with van der Waals surface area (Å²) >= 11 is 1.55. The van der Waals surface area contributed by atoms with Gasteiger partial charge < -0.3 is 11.5 Å². The van der Waals surface area contributed by atoms with E-state index in [4.69, 9.17) is 11.5 Å². The quantitative estimate of drug-likeness (QED) is 0.660. The van der Waals surface area contributed by atoms with E-state index in [1.807, 2.05) is 13.8 Å². The lowest BCUT2D eigenvalue weighted by Gasteiger charge is -1.95. The Balaban J connectivity index is 2.61. The molecular weight excluding hydrogens is 198 g/mol. The Labute approximate surface area is 85.2 Å².